The normalized spacial score (nSPS) is 10.8. The molecular weight excluding hydrogens is 448 g/mol. The molecule has 0 atom stereocenters. The molecule has 4 aromatic rings. The van der Waals surface area contributed by atoms with Crippen LogP contribution in [-0.4, -0.2) is 37.3 Å². The average molecular weight is 468 g/mol. The molecule has 0 saturated heterocycles. The Hall–Kier alpha value is -4.12. The van der Waals surface area contributed by atoms with E-state index in [0.717, 1.165) is 11.8 Å². The van der Waals surface area contributed by atoms with E-state index in [2.05, 4.69) is 15.6 Å². The molecule has 10 nitrogen and oxygen atoms in total. The highest BCUT2D eigenvalue weighted by molar-refractivity contribution is 7.98. The standard InChI is InChI=1S/C22H20N4O6S/c1-31-15-7-5-13(6-8-15)21-24-25-22(33-12-16-9-18(28)19(29)11-32-16)26(21)23-10-14-3-2-4-17(27)20(14)30/h2-9,11,23,27,29-30H,10,12H2,1H3. The van der Waals surface area contributed by atoms with Crippen molar-refractivity contribution in [1.82, 2.24) is 14.9 Å². The molecule has 0 bridgehead atoms. The van der Waals surface area contributed by atoms with Gasteiger partial charge in [0.15, 0.2) is 23.1 Å². The minimum atomic E-state index is -0.533. The van der Waals surface area contributed by atoms with Crippen molar-refractivity contribution >= 4 is 11.8 Å². The number of methoxy groups -OCH3 is 1. The van der Waals surface area contributed by atoms with Crippen LogP contribution in [-0.2, 0) is 12.3 Å². The number of nitrogens with one attached hydrogen (secondary N) is 1. The molecule has 4 rings (SSSR count). The van der Waals surface area contributed by atoms with E-state index in [1.165, 1.54) is 23.9 Å². The monoisotopic (exact) mass is 468 g/mol. The van der Waals surface area contributed by atoms with Crippen LogP contribution in [0.3, 0.4) is 0 Å². The van der Waals surface area contributed by atoms with Gasteiger partial charge < -0.3 is 29.9 Å². The van der Waals surface area contributed by atoms with E-state index in [1.54, 1.807) is 36.1 Å². The fourth-order valence-corrected chi connectivity index (χ4v) is 3.77. The number of aromatic nitrogens is 3. The van der Waals surface area contributed by atoms with Crippen molar-refractivity contribution in [2.75, 3.05) is 12.5 Å². The van der Waals surface area contributed by atoms with Crippen LogP contribution in [0.1, 0.15) is 11.3 Å². The van der Waals surface area contributed by atoms with Crippen molar-refractivity contribution in [3.8, 4) is 34.4 Å². The number of phenolic OH excluding ortho intramolecular Hbond substituents is 2. The lowest BCUT2D eigenvalue weighted by molar-refractivity contribution is 0.399. The predicted molar refractivity (Wildman–Crippen MR) is 121 cm³/mol. The lowest BCUT2D eigenvalue weighted by Crippen LogP contribution is -2.17. The third-order valence-electron chi connectivity index (χ3n) is 4.72. The van der Waals surface area contributed by atoms with Gasteiger partial charge in [0.1, 0.15) is 17.8 Å². The number of phenols is 2. The molecule has 0 aliphatic rings. The smallest absolute Gasteiger partial charge is 0.226 e. The van der Waals surface area contributed by atoms with Gasteiger partial charge in [-0.15, -0.1) is 10.2 Å². The van der Waals surface area contributed by atoms with Crippen LogP contribution in [0.4, 0.5) is 0 Å². The van der Waals surface area contributed by atoms with Crippen LogP contribution < -0.4 is 15.6 Å². The van der Waals surface area contributed by atoms with Gasteiger partial charge in [0.2, 0.25) is 10.6 Å². The Morgan fingerprint density at radius 3 is 2.61 bits per heavy atom. The summed E-state index contributed by atoms with van der Waals surface area (Å²) < 4.78 is 12.1. The zero-order valence-electron chi connectivity index (χ0n) is 17.4. The molecule has 11 heteroatoms. The quantitative estimate of drug-likeness (QED) is 0.225. The number of nitrogens with zero attached hydrogens (tertiary/aromatic N) is 3. The zero-order chi connectivity index (χ0) is 23.4. The number of benzene rings is 2. The van der Waals surface area contributed by atoms with Crippen molar-refractivity contribution < 1.29 is 24.5 Å². The number of thioether (sulfide) groups is 1. The second-order valence-electron chi connectivity index (χ2n) is 6.87. The molecule has 170 valence electrons. The highest BCUT2D eigenvalue weighted by atomic mass is 32.2. The molecule has 33 heavy (non-hydrogen) atoms. The molecule has 0 radical (unpaired) electrons. The number of hydrogen-bond donors (Lipinski definition) is 4. The van der Waals surface area contributed by atoms with Crippen molar-refractivity contribution in [1.29, 1.82) is 0 Å². The summed E-state index contributed by atoms with van der Waals surface area (Å²) in [6.45, 7) is 0.170. The first-order valence-corrected chi connectivity index (χ1v) is 10.7. The van der Waals surface area contributed by atoms with Crippen molar-refractivity contribution in [3.63, 3.8) is 0 Å². The number of hydrogen-bond acceptors (Lipinski definition) is 10. The second kappa shape index (κ2) is 9.57. The molecule has 0 aliphatic carbocycles. The van der Waals surface area contributed by atoms with Gasteiger partial charge in [-0.2, -0.15) is 0 Å². The highest BCUT2D eigenvalue weighted by Gasteiger charge is 2.17. The second-order valence-corrected chi connectivity index (χ2v) is 7.82. The minimum absolute atomic E-state index is 0.170. The highest BCUT2D eigenvalue weighted by Crippen LogP contribution is 2.30. The largest absolute Gasteiger partial charge is 0.504 e. The lowest BCUT2D eigenvalue weighted by atomic mass is 10.2. The van der Waals surface area contributed by atoms with E-state index >= 15 is 0 Å². The molecule has 0 unspecified atom stereocenters. The maximum atomic E-state index is 11.7. The van der Waals surface area contributed by atoms with Crippen LogP contribution in [0.5, 0.6) is 23.0 Å². The van der Waals surface area contributed by atoms with Crippen LogP contribution >= 0.6 is 11.8 Å². The molecule has 0 aliphatic heterocycles. The van der Waals surface area contributed by atoms with E-state index in [4.69, 9.17) is 9.15 Å². The lowest BCUT2D eigenvalue weighted by Gasteiger charge is -2.14. The van der Waals surface area contributed by atoms with Gasteiger partial charge in [0, 0.05) is 17.2 Å². The van der Waals surface area contributed by atoms with Crippen LogP contribution in [0.2, 0.25) is 0 Å². The summed E-state index contributed by atoms with van der Waals surface area (Å²) in [5, 5.41) is 38.3. The van der Waals surface area contributed by atoms with E-state index in [0.29, 0.717) is 28.1 Å². The Labute approximate surface area is 192 Å². The molecule has 0 fully saturated rings. The zero-order valence-corrected chi connectivity index (χ0v) is 18.2. The number of rotatable bonds is 8. The van der Waals surface area contributed by atoms with Gasteiger partial charge in [-0.3, -0.25) is 4.79 Å². The topological polar surface area (TPSA) is 143 Å². The summed E-state index contributed by atoms with van der Waals surface area (Å²) in [6, 6.07) is 13.2. The Morgan fingerprint density at radius 2 is 1.88 bits per heavy atom. The number of aromatic hydroxyl groups is 3. The van der Waals surface area contributed by atoms with Gasteiger partial charge in [-0.05, 0) is 30.3 Å². The Kier molecular flexibility index (Phi) is 6.41. The van der Waals surface area contributed by atoms with Crippen molar-refractivity contribution in [2.24, 2.45) is 0 Å². The molecule has 0 amide bonds. The van der Waals surface area contributed by atoms with E-state index in [-0.39, 0.29) is 23.8 Å². The van der Waals surface area contributed by atoms with Gasteiger partial charge in [0.25, 0.3) is 0 Å². The van der Waals surface area contributed by atoms with E-state index in [9.17, 15) is 20.1 Å². The molecule has 0 spiro atoms. The summed E-state index contributed by atoms with van der Waals surface area (Å²) in [6.07, 6.45) is 0.995. The van der Waals surface area contributed by atoms with Gasteiger partial charge in [0.05, 0.1) is 19.4 Å². The fraction of sp³-hybridized carbons (Fsp3) is 0.136. The van der Waals surface area contributed by atoms with Crippen LogP contribution in [0, 0.1) is 0 Å². The first-order valence-electron chi connectivity index (χ1n) is 9.73. The predicted octanol–water partition coefficient (Wildman–Crippen LogP) is 3.06. The molecule has 2 aromatic carbocycles. The van der Waals surface area contributed by atoms with Gasteiger partial charge in [-0.1, -0.05) is 23.9 Å². The molecule has 2 aromatic heterocycles. The first-order chi connectivity index (χ1) is 16.0. The summed E-state index contributed by atoms with van der Waals surface area (Å²) in [5.41, 5.74) is 3.87. The fourth-order valence-electron chi connectivity index (χ4n) is 2.97. The Balaban J connectivity index is 1.63. The first kappa shape index (κ1) is 22.1. The summed E-state index contributed by atoms with van der Waals surface area (Å²) >= 11 is 1.26. The average Bonchev–Trinajstić information content (AvgIpc) is 3.23. The van der Waals surface area contributed by atoms with E-state index in [1.807, 2.05) is 12.1 Å². The summed E-state index contributed by atoms with van der Waals surface area (Å²) in [5.74, 6) is 0.922. The maximum absolute atomic E-state index is 11.7. The Bertz CT molecular complexity index is 1320. The molecule has 4 N–H and O–H groups in total. The van der Waals surface area contributed by atoms with Crippen LogP contribution in [0.15, 0.2) is 69.2 Å². The summed E-state index contributed by atoms with van der Waals surface area (Å²) in [4.78, 5) is 11.7. The number of ether oxygens (including phenoxy) is 1. The maximum Gasteiger partial charge on any atom is 0.226 e. The minimum Gasteiger partial charge on any atom is -0.504 e. The van der Waals surface area contributed by atoms with Gasteiger partial charge in [-0.25, -0.2) is 4.68 Å². The van der Waals surface area contributed by atoms with Crippen LogP contribution in [0.25, 0.3) is 11.4 Å². The number of para-hydroxylation sites is 1. The third kappa shape index (κ3) is 4.88. The van der Waals surface area contributed by atoms with E-state index < -0.39 is 11.2 Å². The molecular formula is C22H20N4O6S. The molecule has 2 heterocycles. The SMILES string of the molecule is COc1ccc(-c2nnc(SCc3cc(=O)c(O)co3)n2NCc2cccc(O)c2O)cc1. The Morgan fingerprint density at radius 1 is 1.09 bits per heavy atom. The third-order valence-corrected chi connectivity index (χ3v) is 5.67. The van der Waals surface area contributed by atoms with Crippen molar-refractivity contribution in [3.05, 3.63) is 76.3 Å². The molecule has 0 saturated carbocycles. The van der Waals surface area contributed by atoms with Gasteiger partial charge >= 0.3 is 0 Å². The van der Waals surface area contributed by atoms with Crippen molar-refractivity contribution in [2.45, 2.75) is 17.5 Å². The summed E-state index contributed by atoms with van der Waals surface area (Å²) in [7, 11) is 1.58.